The van der Waals surface area contributed by atoms with Crippen molar-refractivity contribution >= 4 is 29.1 Å². The lowest BCUT2D eigenvalue weighted by molar-refractivity contribution is -0.118. The Balaban J connectivity index is 1.79. The average molecular weight is 315 g/mol. The average Bonchev–Trinajstić information content (AvgIpc) is 2.51. The first kappa shape index (κ1) is 14.6. The second kappa shape index (κ2) is 5.81. The van der Waals surface area contributed by atoms with Crippen molar-refractivity contribution in [3.8, 4) is 0 Å². The number of fused-ring (bicyclic) bond motifs is 1. The zero-order valence-electron chi connectivity index (χ0n) is 12.0. The SMILES string of the molecule is Cc1ccc(Cl)cc1NC(=O)C1Cc2ccccc2C(=O)N1. The summed E-state index contributed by atoms with van der Waals surface area (Å²) in [7, 11) is 0. The number of carbonyl (C=O) groups is 2. The second-order valence-electron chi connectivity index (χ2n) is 5.34. The van der Waals surface area contributed by atoms with Crippen LogP contribution in [0.2, 0.25) is 5.02 Å². The molecule has 2 aromatic carbocycles. The van der Waals surface area contributed by atoms with E-state index in [2.05, 4.69) is 10.6 Å². The summed E-state index contributed by atoms with van der Waals surface area (Å²) in [4.78, 5) is 24.5. The van der Waals surface area contributed by atoms with E-state index in [0.29, 0.717) is 22.7 Å². The molecule has 4 nitrogen and oxygen atoms in total. The Labute approximate surface area is 133 Å². The summed E-state index contributed by atoms with van der Waals surface area (Å²) in [6.07, 6.45) is 0.480. The maximum absolute atomic E-state index is 12.4. The first-order chi connectivity index (χ1) is 10.5. The Kier molecular flexibility index (Phi) is 3.86. The van der Waals surface area contributed by atoms with E-state index < -0.39 is 6.04 Å². The van der Waals surface area contributed by atoms with E-state index in [1.807, 2.05) is 31.2 Å². The monoisotopic (exact) mass is 314 g/mol. The predicted molar refractivity (Wildman–Crippen MR) is 86.2 cm³/mol. The number of anilines is 1. The quantitative estimate of drug-likeness (QED) is 0.895. The first-order valence-corrected chi connectivity index (χ1v) is 7.38. The molecule has 0 fully saturated rings. The molecule has 0 radical (unpaired) electrons. The molecule has 22 heavy (non-hydrogen) atoms. The van der Waals surface area contributed by atoms with Gasteiger partial charge in [-0.05, 0) is 36.2 Å². The van der Waals surface area contributed by atoms with Gasteiger partial charge >= 0.3 is 0 Å². The van der Waals surface area contributed by atoms with Crippen LogP contribution in [0.25, 0.3) is 0 Å². The van der Waals surface area contributed by atoms with Crippen LogP contribution in [0.5, 0.6) is 0 Å². The summed E-state index contributed by atoms with van der Waals surface area (Å²) in [5.74, 6) is -0.460. The molecular formula is C17H15ClN2O2. The van der Waals surface area contributed by atoms with Crippen LogP contribution in [-0.4, -0.2) is 17.9 Å². The van der Waals surface area contributed by atoms with Gasteiger partial charge in [0, 0.05) is 22.7 Å². The lowest BCUT2D eigenvalue weighted by Gasteiger charge is -2.25. The summed E-state index contributed by atoms with van der Waals surface area (Å²) < 4.78 is 0. The van der Waals surface area contributed by atoms with E-state index in [-0.39, 0.29) is 11.8 Å². The third-order valence-electron chi connectivity index (χ3n) is 3.77. The zero-order valence-corrected chi connectivity index (χ0v) is 12.8. The number of carbonyl (C=O) groups excluding carboxylic acids is 2. The molecule has 2 N–H and O–H groups in total. The van der Waals surface area contributed by atoms with Crippen LogP contribution in [0.15, 0.2) is 42.5 Å². The minimum Gasteiger partial charge on any atom is -0.340 e. The molecule has 1 aliphatic heterocycles. The predicted octanol–water partition coefficient (Wildman–Crippen LogP) is 2.94. The van der Waals surface area contributed by atoms with Crippen LogP contribution < -0.4 is 10.6 Å². The summed E-state index contributed by atoms with van der Waals surface area (Å²) in [6.45, 7) is 1.89. The molecule has 0 aliphatic carbocycles. The van der Waals surface area contributed by atoms with E-state index in [1.165, 1.54) is 0 Å². The summed E-state index contributed by atoms with van der Waals surface area (Å²) in [5.41, 5.74) is 3.09. The van der Waals surface area contributed by atoms with Gasteiger partial charge in [-0.2, -0.15) is 0 Å². The number of amides is 2. The minimum absolute atomic E-state index is 0.218. The maximum atomic E-state index is 12.4. The molecule has 5 heteroatoms. The van der Waals surface area contributed by atoms with E-state index in [1.54, 1.807) is 18.2 Å². The Hall–Kier alpha value is -2.33. The van der Waals surface area contributed by atoms with Crippen LogP contribution >= 0.6 is 11.6 Å². The van der Waals surface area contributed by atoms with E-state index in [4.69, 9.17) is 11.6 Å². The molecule has 0 aromatic heterocycles. The number of halogens is 1. The molecule has 3 rings (SSSR count). The van der Waals surface area contributed by atoms with Crippen molar-refractivity contribution < 1.29 is 9.59 Å². The molecule has 1 aliphatic rings. The normalized spacial score (nSPS) is 16.6. The number of hydrogen-bond acceptors (Lipinski definition) is 2. The van der Waals surface area contributed by atoms with Crippen LogP contribution in [0.3, 0.4) is 0 Å². The van der Waals surface area contributed by atoms with Crippen molar-refractivity contribution in [2.45, 2.75) is 19.4 Å². The van der Waals surface area contributed by atoms with Crippen molar-refractivity contribution in [1.82, 2.24) is 5.32 Å². The van der Waals surface area contributed by atoms with Crippen molar-refractivity contribution in [3.63, 3.8) is 0 Å². The smallest absolute Gasteiger partial charge is 0.252 e. The fourth-order valence-electron chi connectivity index (χ4n) is 2.53. The highest BCUT2D eigenvalue weighted by Gasteiger charge is 2.28. The van der Waals surface area contributed by atoms with Gasteiger partial charge in [-0.3, -0.25) is 9.59 Å². The number of hydrogen-bond donors (Lipinski definition) is 2. The molecule has 0 saturated carbocycles. The van der Waals surface area contributed by atoms with Gasteiger partial charge in [-0.1, -0.05) is 35.9 Å². The van der Waals surface area contributed by atoms with Gasteiger partial charge in [-0.25, -0.2) is 0 Å². The van der Waals surface area contributed by atoms with Gasteiger partial charge in [0.2, 0.25) is 5.91 Å². The van der Waals surface area contributed by atoms with Crippen molar-refractivity contribution in [3.05, 3.63) is 64.2 Å². The summed E-state index contributed by atoms with van der Waals surface area (Å²) >= 11 is 5.96. The third kappa shape index (κ3) is 2.83. The van der Waals surface area contributed by atoms with Crippen molar-refractivity contribution in [1.29, 1.82) is 0 Å². The number of rotatable bonds is 2. The van der Waals surface area contributed by atoms with E-state index in [9.17, 15) is 9.59 Å². The Bertz CT molecular complexity index is 758. The van der Waals surface area contributed by atoms with Gasteiger partial charge < -0.3 is 10.6 Å². The topological polar surface area (TPSA) is 58.2 Å². The fraction of sp³-hybridized carbons (Fsp3) is 0.176. The van der Waals surface area contributed by atoms with Gasteiger partial charge in [-0.15, -0.1) is 0 Å². The molecule has 0 bridgehead atoms. The Morgan fingerprint density at radius 2 is 2.05 bits per heavy atom. The molecule has 1 heterocycles. The molecular weight excluding hydrogens is 300 g/mol. The van der Waals surface area contributed by atoms with Gasteiger partial charge in [0.25, 0.3) is 5.91 Å². The molecule has 2 amide bonds. The molecule has 2 aromatic rings. The standard InChI is InChI=1S/C17H15ClN2O2/c1-10-6-7-12(18)9-14(10)19-17(22)15-8-11-4-2-3-5-13(11)16(21)20-15/h2-7,9,15H,8H2,1H3,(H,19,22)(H,20,21). The molecule has 0 saturated heterocycles. The van der Waals surface area contributed by atoms with Gasteiger partial charge in [0.15, 0.2) is 0 Å². The molecule has 112 valence electrons. The second-order valence-corrected chi connectivity index (χ2v) is 5.77. The van der Waals surface area contributed by atoms with Crippen molar-refractivity contribution in [2.24, 2.45) is 0 Å². The Morgan fingerprint density at radius 1 is 1.27 bits per heavy atom. The third-order valence-corrected chi connectivity index (χ3v) is 4.00. The van der Waals surface area contributed by atoms with Gasteiger partial charge in [0.05, 0.1) is 0 Å². The van der Waals surface area contributed by atoms with Crippen LogP contribution in [-0.2, 0) is 11.2 Å². The highest BCUT2D eigenvalue weighted by Crippen LogP contribution is 2.22. The number of nitrogens with one attached hydrogen (secondary N) is 2. The van der Waals surface area contributed by atoms with Gasteiger partial charge in [0.1, 0.15) is 6.04 Å². The van der Waals surface area contributed by atoms with Crippen LogP contribution in [0.4, 0.5) is 5.69 Å². The van der Waals surface area contributed by atoms with Crippen molar-refractivity contribution in [2.75, 3.05) is 5.32 Å². The Morgan fingerprint density at radius 3 is 2.86 bits per heavy atom. The summed E-state index contributed by atoms with van der Waals surface area (Å²) in [6, 6.07) is 12.0. The van der Waals surface area contributed by atoms with Crippen LogP contribution in [0, 0.1) is 6.92 Å². The highest BCUT2D eigenvalue weighted by atomic mass is 35.5. The largest absolute Gasteiger partial charge is 0.340 e. The lowest BCUT2D eigenvalue weighted by atomic mass is 9.95. The molecule has 1 unspecified atom stereocenters. The molecule has 0 spiro atoms. The number of aryl methyl sites for hydroxylation is 1. The lowest BCUT2D eigenvalue weighted by Crippen LogP contribution is -2.48. The molecule has 1 atom stereocenters. The van der Waals surface area contributed by atoms with Crippen LogP contribution in [0.1, 0.15) is 21.5 Å². The summed E-state index contributed by atoms with van der Waals surface area (Å²) in [5, 5.41) is 6.13. The van der Waals surface area contributed by atoms with E-state index in [0.717, 1.165) is 11.1 Å². The maximum Gasteiger partial charge on any atom is 0.252 e. The first-order valence-electron chi connectivity index (χ1n) is 7.00. The number of benzene rings is 2. The van der Waals surface area contributed by atoms with E-state index >= 15 is 0 Å². The highest BCUT2D eigenvalue weighted by molar-refractivity contribution is 6.31. The zero-order chi connectivity index (χ0) is 15.7. The fourth-order valence-corrected chi connectivity index (χ4v) is 2.71. The minimum atomic E-state index is -0.583.